The molecule has 0 bridgehead atoms. The molecule has 28 heavy (non-hydrogen) atoms. The lowest BCUT2D eigenvalue weighted by molar-refractivity contribution is -0.119. The average molecular weight is 461 g/mol. The van der Waals surface area contributed by atoms with Crippen LogP contribution in [0, 0.1) is 5.92 Å². The zero-order valence-corrected chi connectivity index (χ0v) is 17.7. The van der Waals surface area contributed by atoms with E-state index in [1.807, 2.05) is 12.1 Å². The van der Waals surface area contributed by atoms with E-state index in [2.05, 4.69) is 22.5 Å². The maximum atomic E-state index is 13.7. The topological polar surface area (TPSA) is 57.7 Å². The van der Waals surface area contributed by atoms with Gasteiger partial charge < -0.3 is 4.90 Å². The van der Waals surface area contributed by atoms with Crippen LogP contribution < -0.4 is 9.21 Å². The van der Waals surface area contributed by atoms with Gasteiger partial charge in [0.05, 0.1) is 17.9 Å². The first kappa shape index (κ1) is 19.2. The van der Waals surface area contributed by atoms with Crippen LogP contribution >= 0.6 is 15.9 Å². The van der Waals surface area contributed by atoms with Crippen LogP contribution in [-0.4, -0.2) is 27.4 Å². The van der Waals surface area contributed by atoms with Crippen molar-refractivity contribution in [3.05, 3.63) is 65.2 Å². The van der Waals surface area contributed by atoms with Crippen molar-refractivity contribution in [3.8, 4) is 0 Å². The fourth-order valence-corrected chi connectivity index (χ4v) is 5.97. The molecule has 146 valence electrons. The van der Waals surface area contributed by atoms with Gasteiger partial charge in [-0.2, -0.15) is 0 Å². The summed E-state index contributed by atoms with van der Waals surface area (Å²) in [5.74, 6) is 0.0658. The average Bonchev–Trinajstić information content (AvgIpc) is 3.45. The van der Waals surface area contributed by atoms with Crippen LogP contribution in [0.25, 0.3) is 0 Å². The second kappa shape index (κ2) is 7.37. The predicted octanol–water partition coefficient (Wildman–Crippen LogP) is 4.13. The molecule has 2 aromatic carbocycles. The van der Waals surface area contributed by atoms with Crippen molar-refractivity contribution >= 4 is 43.2 Å². The molecule has 0 saturated heterocycles. The van der Waals surface area contributed by atoms with Crippen LogP contribution in [0.1, 0.15) is 18.4 Å². The number of carbonyl (C=O) groups is 1. The van der Waals surface area contributed by atoms with E-state index in [1.54, 1.807) is 41.3 Å². The smallest absolute Gasteiger partial charge is 0.266 e. The number of para-hydroxylation sites is 1. The molecule has 4 rings (SSSR count). The van der Waals surface area contributed by atoms with Gasteiger partial charge in [0.15, 0.2) is 0 Å². The maximum Gasteiger partial charge on any atom is 0.266 e. The van der Waals surface area contributed by atoms with Gasteiger partial charge >= 0.3 is 0 Å². The summed E-state index contributed by atoms with van der Waals surface area (Å²) in [6, 6.07) is 12.5. The van der Waals surface area contributed by atoms with Gasteiger partial charge in [0.2, 0.25) is 5.91 Å². The van der Waals surface area contributed by atoms with E-state index in [4.69, 9.17) is 0 Å². The summed E-state index contributed by atoms with van der Waals surface area (Å²) in [7, 11) is -3.90. The molecule has 2 aliphatic rings. The number of nitrogens with zero attached hydrogens (tertiary/aromatic N) is 2. The fourth-order valence-electron chi connectivity index (χ4n) is 3.61. The highest BCUT2D eigenvalue weighted by atomic mass is 79.9. The molecule has 1 fully saturated rings. The molecule has 0 radical (unpaired) electrons. The molecule has 2 aromatic rings. The van der Waals surface area contributed by atoms with Crippen LogP contribution in [0.15, 0.2) is 64.5 Å². The molecule has 5 nitrogen and oxygen atoms in total. The third kappa shape index (κ3) is 3.37. The summed E-state index contributed by atoms with van der Waals surface area (Å²) in [5.41, 5.74) is 1.98. The molecular weight excluding hydrogens is 440 g/mol. The molecule has 1 aliphatic heterocycles. The lowest BCUT2D eigenvalue weighted by atomic mass is 10.2. The van der Waals surface area contributed by atoms with Crippen molar-refractivity contribution < 1.29 is 13.2 Å². The Labute approximate surface area is 173 Å². The van der Waals surface area contributed by atoms with Gasteiger partial charge in [-0.1, -0.05) is 40.2 Å². The Bertz CT molecular complexity index is 1030. The van der Waals surface area contributed by atoms with Gasteiger partial charge in [-0.15, -0.1) is 6.58 Å². The molecule has 0 unspecified atom stereocenters. The lowest BCUT2D eigenvalue weighted by Crippen LogP contribution is -2.35. The predicted molar refractivity (Wildman–Crippen MR) is 114 cm³/mol. The van der Waals surface area contributed by atoms with Crippen LogP contribution in [0.4, 0.5) is 11.4 Å². The van der Waals surface area contributed by atoms with Crippen molar-refractivity contribution in [1.29, 1.82) is 0 Å². The molecule has 1 amide bonds. The Morgan fingerprint density at radius 2 is 1.96 bits per heavy atom. The third-order valence-electron chi connectivity index (χ3n) is 5.09. The Hall–Kier alpha value is -2.12. The summed E-state index contributed by atoms with van der Waals surface area (Å²) < 4.78 is 29.4. The summed E-state index contributed by atoms with van der Waals surface area (Å²) >= 11 is 3.44. The van der Waals surface area contributed by atoms with Crippen molar-refractivity contribution in [2.75, 3.05) is 22.3 Å². The number of hydrogen-bond acceptors (Lipinski definition) is 3. The highest BCUT2D eigenvalue weighted by molar-refractivity contribution is 9.10. The standard InChI is InChI=1S/C21H21BrN2O3S/c1-2-11-24(18-6-4-3-5-7-18)28(26,27)19-14-17(22)13-16-10-12-23(20(16)19)21(25)15-8-9-15/h2-7,13-15H,1,8-12H2. The van der Waals surface area contributed by atoms with Crippen molar-refractivity contribution in [3.63, 3.8) is 0 Å². The van der Waals surface area contributed by atoms with Gasteiger partial charge in [0.25, 0.3) is 10.0 Å². The van der Waals surface area contributed by atoms with Gasteiger partial charge in [-0.3, -0.25) is 9.10 Å². The van der Waals surface area contributed by atoms with Crippen LogP contribution in [-0.2, 0) is 21.2 Å². The monoisotopic (exact) mass is 460 g/mol. The Morgan fingerprint density at radius 1 is 1.25 bits per heavy atom. The SMILES string of the molecule is C=CCN(c1ccccc1)S(=O)(=O)c1cc(Br)cc2c1N(C(=O)C1CC1)CC2. The quantitative estimate of drug-likeness (QED) is 0.608. The van der Waals surface area contributed by atoms with Crippen LogP contribution in [0.5, 0.6) is 0 Å². The van der Waals surface area contributed by atoms with Crippen molar-refractivity contribution in [2.45, 2.75) is 24.2 Å². The van der Waals surface area contributed by atoms with E-state index in [0.717, 1.165) is 18.4 Å². The molecule has 0 spiro atoms. The maximum absolute atomic E-state index is 13.7. The normalized spacial score (nSPS) is 16.0. The minimum absolute atomic E-state index is 0.0311. The largest absolute Gasteiger partial charge is 0.310 e. The first-order valence-electron chi connectivity index (χ1n) is 9.26. The highest BCUT2D eigenvalue weighted by Gasteiger charge is 2.40. The van der Waals surface area contributed by atoms with Crippen LogP contribution in [0.2, 0.25) is 0 Å². The number of rotatable bonds is 6. The number of amides is 1. The Morgan fingerprint density at radius 3 is 2.61 bits per heavy atom. The highest BCUT2D eigenvalue weighted by Crippen LogP contribution is 2.42. The number of carbonyl (C=O) groups excluding carboxylic acids is 1. The molecule has 7 heteroatoms. The van der Waals surface area contributed by atoms with Gasteiger partial charge in [-0.25, -0.2) is 8.42 Å². The van der Waals surface area contributed by atoms with E-state index in [0.29, 0.717) is 28.8 Å². The fraction of sp³-hybridized carbons (Fsp3) is 0.286. The first-order valence-corrected chi connectivity index (χ1v) is 11.5. The molecule has 0 atom stereocenters. The molecular formula is C21H21BrN2O3S. The second-order valence-corrected chi connectivity index (χ2v) is 9.83. The molecule has 1 heterocycles. The minimum atomic E-state index is -3.90. The van der Waals surface area contributed by atoms with Gasteiger partial charge in [0.1, 0.15) is 4.90 Å². The van der Waals surface area contributed by atoms with Crippen molar-refractivity contribution in [1.82, 2.24) is 0 Å². The number of sulfonamides is 1. The molecule has 1 saturated carbocycles. The molecule has 1 aliphatic carbocycles. The molecule has 0 N–H and O–H groups in total. The summed E-state index contributed by atoms with van der Waals surface area (Å²) in [4.78, 5) is 14.6. The van der Waals surface area contributed by atoms with Gasteiger partial charge in [0, 0.05) is 16.9 Å². The third-order valence-corrected chi connectivity index (χ3v) is 7.36. The number of hydrogen-bond donors (Lipinski definition) is 0. The molecule has 0 aromatic heterocycles. The van der Waals surface area contributed by atoms with E-state index in [9.17, 15) is 13.2 Å². The summed E-state index contributed by atoms with van der Waals surface area (Å²) in [6.07, 6.45) is 3.99. The van der Waals surface area contributed by atoms with E-state index in [-0.39, 0.29) is 23.3 Å². The first-order chi connectivity index (χ1) is 13.4. The number of anilines is 2. The number of benzene rings is 2. The van der Waals surface area contributed by atoms with Gasteiger partial charge in [-0.05, 0) is 49.1 Å². The zero-order chi connectivity index (χ0) is 19.9. The number of fused-ring (bicyclic) bond motifs is 1. The Balaban J connectivity index is 1.85. The summed E-state index contributed by atoms with van der Waals surface area (Å²) in [5, 5.41) is 0. The number of halogens is 1. The minimum Gasteiger partial charge on any atom is -0.310 e. The second-order valence-electron chi connectivity index (χ2n) is 7.09. The van der Waals surface area contributed by atoms with Crippen molar-refractivity contribution in [2.24, 2.45) is 5.92 Å². The Kier molecular flexibility index (Phi) is 5.05. The van der Waals surface area contributed by atoms with E-state index in [1.165, 1.54) is 4.31 Å². The lowest BCUT2D eigenvalue weighted by Gasteiger charge is -2.27. The summed E-state index contributed by atoms with van der Waals surface area (Å²) in [6.45, 7) is 4.39. The van der Waals surface area contributed by atoms with Crippen LogP contribution in [0.3, 0.4) is 0 Å². The van der Waals surface area contributed by atoms with E-state index >= 15 is 0 Å². The zero-order valence-electron chi connectivity index (χ0n) is 15.3. The van der Waals surface area contributed by atoms with E-state index < -0.39 is 10.0 Å².